The van der Waals surface area contributed by atoms with Crippen molar-refractivity contribution >= 4 is 11.6 Å². The number of hydrogen-bond donors (Lipinski definition) is 2. The monoisotopic (exact) mass is 499 g/mol. The Bertz CT molecular complexity index is 1150. The average Bonchev–Trinajstić information content (AvgIpc) is 3.14. The molecule has 3 aromatic rings. The van der Waals surface area contributed by atoms with E-state index in [1.165, 1.54) is 0 Å². The van der Waals surface area contributed by atoms with Gasteiger partial charge in [-0.15, -0.1) is 0 Å². The maximum absolute atomic E-state index is 11.2. The molecule has 1 fully saturated rings. The van der Waals surface area contributed by atoms with E-state index in [0.717, 1.165) is 28.3 Å². The van der Waals surface area contributed by atoms with Gasteiger partial charge in [-0.3, -0.25) is 9.58 Å². The fourth-order valence-corrected chi connectivity index (χ4v) is 4.66. The van der Waals surface area contributed by atoms with Crippen molar-refractivity contribution in [2.45, 2.75) is 52.0 Å². The summed E-state index contributed by atoms with van der Waals surface area (Å²) in [5, 5.41) is 26.7. The molecule has 1 aliphatic heterocycles. The normalized spacial score (nSPS) is 20.7. The lowest BCUT2D eigenvalue weighted by Crippen LogP contribution is -2.59. The lowest BCUT2D eigenvalue weighted by Gasteiger charge is -2.42. The predicted octanol–water partition coefficient (Wildman–Crippen LogP) is 3.92. The van der Waals surface area contributed by atoms with Gasteiger partial charge >= 0.3 is 0 Å². The van der Waals surface area contributed by atoms with Gasteiger partial charge in [-0.1, -0.05) is 29.8 Å². The van der Waals surface area contributed by atoms with Crippen molar-refractivity contribution in [2.75, 3.05) is 26.3 Å². The van der Waals surface area contributed by atoms with Crippen LogP contribution in [0.1, 0.15) is 28.9 Å². The number of aliphatic hydroxyl groups is 2. The van der Waals surface area contributed by atoms with Crippen LogP contribution in [-0.2, 0) is 13.1 Å². The van der Waals surface area contributed by atoms with Crippen molar-refractivity contribution in [3.8, 4) is 11.5 Å². The minimum absolute atomic E-state index is 0.0384. The Morgan fingerprint density at radius 1 is 1.11 bits per heavy atom. The number of benzene rings is 2. The van der Waals surface area contributed by atoms with Gasteiger partial charge in [0.05, 0.1) is 23.4 Å². The number of halogens is 1. The van der Waals surface area contributed by atoms with Crippen LogP contribution in [0.25, 0.3) is 0 Å². The van der Waals surface area contributed by atoms with Crippen LogP contribution in [-0.4, -0.2) is 62.9 Å². The van der Waals surface area contributed by atoms with Gasteiger partial charge in [0, 0.05) is 25.3 Å². The van der Waals surface area contributed by atoms with E-state index >= 15 is 0 Å². The zero-order valence-corrected chi connectivity index (χ0v) is 21.3. The summed E-state index contributed by atoms with van der Waals surface area (Å²) in [5.41, 5.74) is 2.82. The zero-order chi connectivity index (χ0) is 25.0. The molecule has 0 unspecified atom stereocenters. The number of piperidine rings is 1. The molecule has 0 bridgehead atoms. The first-order valence-electron chi connectivity index (χ1n) is 12.0. The fourth-order valence-electron chi connectivity index (χ4n) is 4.49. The second kappa shape index (κ2) is 11.0. The van der Waals surface area contributed by atoms with Crippen LogP contribution < -0.4 is 9.47 Å². The maximum Gasteiger partial charge on any atom is 0.138 e. The number of hydrogen-bond acceptors (Lipinski definition) is 6. The molecule has 188 valence electrons. The van der Waals surface area contributed by atoms with E-state index in [1.54, 1.807) is 6.07 Å². The topological polar surface area (TPSA) is 80.0 Å². The molecule has 2 aromatic carbocycles. The molecule has 1 aliphatic rings. The molecule has 4 rings (SSSR count). The molecule has 0 amide bonds. The summed E-state index contributed by atoms with van der Waals surface area (Å²) >= 11 is 6.23. The second-order valence-electron chi connectivity index (χ2n) is 9.49. The van der Waals surface area contributed by atoms with Crippen molar-refractivity contribution in [2.24, 2.45) is 0 Å². The Morgan fingerprint density at radius 3 is 2.71 bits per heavy atom. The van der Waals surface area contributed by atoms with E-state index < -0.39 is 11.7 Å². The molecule has 1 aromatic heterocycles. The Kier molecular flexibility index (Phi) is 8.02. The quantitative estimate of drug-likeness (QED) is 0.464. The van der Waals surface area contributed by atoms with Gasteiger partial charge in [0.2, 0.25) is 0 Å². The molecule has 2 heterocycles. The van der Waals surface area contributed by atoms with E-state index in [0.29, 0.717) is 50.0 Å². The molecule has 0 radical (unpaired) electrons. The van der Waals surface area contributed by atoms with Crippen LogP contribution in [0.5, 0.6) is 11.5 Å². The summed E-state index contributed by atoms with van der Waals surface area (Å²) in [6.07, 6.45) is -0.411. The standard InChI is InChI=1S/C27H34ClN3O4/c1-19-7-8-24(28)25(13-19)35-18-27(33)17-30(10-9-26(27)32)16-22-5-4-6-23(15-22)34-12-11-31-21(3)14-20(2)29-31/h4-8,13-15,26,32-33H,9-12,16-18H2,1-3H3/t26-,27-/m0/s1. The summed E-state index contributed by atoms with van der Waals surface area (Å²) in [7, 11) is 0. The molecule has 35 heavy (non-hydrogen) atoms. The van der Waals surface area contributed by atoms with E-state index in [2.05, 4.69) is 16.1 Å². The molecule has 2 atom stereocenters. The lowest BCUT2D eigenvalue weighted by molar-refractivity contribution is -0.140. The Morgan fingerprint density at radius 2 is 1.94 bits per heavy atom. The number of likely N-dealkylation sites (tertiary alicyclic amines) is 1. The number of β-amino-alcohol motifs (C(OH)–C–C–N with tert-alkyl or cyclic N) is 1. The van der Waals surface area contributed by atoms with Crippen LogP contribution in [0.3, 0.4) is 0 Å². The lowest BCUT2D eigenvalue weighted by atomic mass is 9.90. The number of rotatable bonds is 9. The first-order chi connectivity index (χ1) is 16.7. The Hall–Kier alpha value is -2.58. The summed E-state index contributed by atoms with van der Waals surface area (Å²) in [5.74, 6) is 1.31. The van der Waals surface area contributed by atoms with Crippen LogP contribution in [0.4, 0.5) is 0 Å². The summed E-state index contributed by atoms with van der Waals surface area (Å²) in [4.78, 5) is 2.13. The first-order valence-corrected chi connectivity index (χ1v) is 12.3. The highest BCUT2D eigenvalue weighted by Crippen LogP contribution is 2.29. The molecule has 0 aliphatic carbocycles. The third-order valence-corrected chi connectivity index (χ3v) is 6.69. The molecular weight excluding hydrogens is 466 g/mol. The van der Waals surface area contributed by atoms with Crippen molar-refractivity contribution in [3.63, 3.8) is 0 Å². The molecule has 0 spiro atoms. The van der Waals surface area contributed by atoms with Crippen molar-refractivity contribution in [3.05, 3.63) is 76.1 Å². The Labute approximate surface area is 211 Å². The largest absolute Gasteiger partial charge is 0.492 e. The van der Waals surface area contributed by atoms with Crippen LogP contribution >= 0.6 is 11.6 Å². The highest BCUT2D eigenvalue weighted by atomic mass is 35.5. The molecule has 8 heteroatoms. The highest BCUT2D eigenvalue weighted by molar-refractivity contribution is 6.32. The summed E-state index contributed by atoms with van der Waals surface area (Å²) < 4.78 is 13.8. The number of nitrogens with zero attached hydrogens (tertiary/aromatic N) is 3. The van der Waals surface area contributed by atoms with E-state index in [1.807, 2.05) is 61.9 Å². The van der Waals surface area contributed by atoms with Gasteiger partial charge in [-0.05, 0) is 68.7 Å². The third kappa shape index (κ3) is 6.55. The van der Waals surface area contributed by atoms with E-state index in [-0.39, 0.29) is 6.61 Å². The Balaban J connectivity index is 1.33. The average molecular weight is 500 g/mol. The number of aliphatic hydroxyl groups excluding tert-OH is 1. The minimum atomic E-state index is -1.39. The van der Waals surface area contributed by atoms with Gasteiger partial charge in [0.15, 0.2) is 0 Å². The highest BCUT2D eigenvalue weighted by Gasteiger charge is 2.42. The number of aryl methyl sites for hydroxylation is 3. The maximum atomic E-state index is 11.2. The fraction of sp³-hybridized carbons (Fsp3) is 0.444. The van der Waals surface area contributed by atoms with Crippen molar-refractivity contribution < 1.29 is 19.7 Å². The van der Waals surface area contributed by atoms with E-state index in [9.17, 15) is 10.2 Å². The van der Waals surface area contributed by atoms with E-state index in [4.69, 9.17) is 21.1 Å². The SMILES string of the molecule is Cc1ccc(Cl)c(OC[C@@]2(O)CN(Cc3cccc(OCCn4nc(C)cc4C)c3)CC[C@@H]2O)c1. The van der Waals surface area contributed by atoms with Gasteiger partial charge in [-0.25, -0.2) is 0 Å². The summed E-state index contributed by atoms with van der Waals surface area (Å²) in [6.45, 7) is 8.75. The molecule has 7 nitrogen and oxygen atoms in total. The van der Waals surface area contributed by atoms with Gasteiger partial charge in [0.1, 0.15) is 30.3 Å². The third-order valence-electron chi connectivity index (χ3n) is 6.38. The van der Waals surface area contributed by atoms with Crippen molar-refractivity contribution in [1.29, 1.82) is 0 Å². The smallest absolute Gasteiger partial charge is 0.138 e. The van der Waals surface area contributed by atoms with Gasteiger partial charge < -0.3 is 19.7 Å². The van der Waals surface area contributed by atoms with Crippen molar-refractivity contribution in [1.82, 2.24) is 14.7 Å². The van der Waals surface area contributed by atoms with Crippen LogP contribution in [0.2, 0.25) is 5.02 Å². The molecule has 1 saturated heterocycles. The predicted molar refractivity (Wildman–Crippen MR) is 136 cm³/mol. The molecular formula is C27H34ClN3O4. The van der Waals surface area contributed by atoms with Crippen LogP contribution in [0, 0.1) is 20.8 Å². The van der Waals surface area contributed by atoms with Crippen LogP contribution in [0.15, 0.2) is 48.5 Å². The number of ether oxygens (including phenoxy) is 2. The summed E-state index contributed by atoms with van der Waals surface area (Å²) in [6, 6.07) is 15.5. The zero-order valence-electron chi connectivity index (χ0n) is 20.6. The minimum Gasteiger partial charge on any atom is -0.492 e. The van der Waals surface area contributed by atoms with Gasteiger partial charge in [-0.2, -0.15) is 5.10 Å². The molecule has 2 N–H and O–H groups in total. The first kappa shape index (κ1) is 25.5. The van der Waals surface area contributed by atoms with Gasteiger partial charge in [0.25, 0.3) is 0 Å². The number of aromatic nitrogens is 2. The molecule has 0 saturated carbocycles. The second-order valence-corrected chi connectivity index (χ2v) is 9.89.